The largest absolute Gasteiger partial charge is 0.382 e. The summed E-state index contributed by atoms with van der Waals surface area (Å²) in [7, 11) is 0. The van der Waals surface area contributed by atoms with Crippen LogP contribution >= 0.6 is 22.9 Å². The van der Waals surface area contributed by atoms with Crippen LogP contribution in [0, 0.1) is 0 Å². The fourth-order valence-corrected chi connectivity index (χ4v) is 1.13. The van der Waals surface area contributed by atoms with Crippen LogP contribution in [-0.2, 0) is 6.54 Å². The molecule has 0 amide bonds. The summed E-state index contributed by atoms with van der Waals surface area (Å²) in [6.45, 7) is 0.522. The Bertz CT molecular complexity index is 240. The molecule has 1 rings (SSSR count). The van der Waals surface area contributed by atoms with Crippen molar-refractivity contribution in [3.8, 4) is 0 Å². The maximum Gasteiger partial charge on any atom is 0.382 e. The Morgan fingerprint density at radius 3 is 2.64 bits per heavy atom. The van der Waals surface area contributed by atoms with Crippen LogP contribution in [0.3, 0.4) is 0 Å². The zero-order valence-electron chi connectivity index (χ0n) is 5.93. The third-order valence-corrected chi connectivity index (χ3v) is 1.94. The van der Waals surface area contributed by atoms with E-state index in [9.17, 15) is 0 Å². The van der Waals surface area contributed by atoms with Gasteiger partial charge in [0.15, 0.2) is 0 Å². The molecule has 4 heteroatoms. The van der Waals surface area contributed by atoms with Gasteiger partial charge in [0.2, 0.25) is 0 Å². The van der Waals surface area contributed by atoms with Gasteiger partial charge < -0.3 is 5.73 Å². The number of nitrogens with two attached hydrogens (primary N) is 1. The van der Waals surface area contributed by atoms with Crippen molar-refractivity contribution in [2.75, 3.05) is 0 Å². The van der Waals surface area contributed by atoms with Crippen molar-refractivity contribution in [2.45, 2.75) is 6.54 Å². The Balaban J connectivity index is 2.91. The van der Waals surface area contributed by atoms with E-state index in [1.807, 2.05) is 24.3 Å². The van der Waals surface area contributed by atoms with Crippen LogP contribution in [0.15, 0.2) is 24.3 Å². The number of hydrogen-bond donors (Lipinski definition) is 1. The van der Waals surface area contributed by atoms with Gasteiger partial charge in [0.25, 0.3) is 0 Å². The van der Waals surface area contributed by atoms with Crippen molar-refractivity contribution in [1.82, 2.24) is 0 Å². The van der Waals surface area contributed by atoms with Gasteiger partial charge >= 0.3 is 5.54 Å². The molecule has 0 unspecified atom stereocenters. The lowest BCUT2D eigenvalue weighted by Gasteiger charge is -2.00. The highest BCUT2D eigenvalue weighted by Crippen LogP contribution is 2.01. The Morgan fingerprint density at radius 1 is 1.36 bits per heavy atom. The smallest absolute Gasteiger partial charge is 0.326 e. The minimum Gasteiger partial charge on any atom is -0.326 e. The molecule has 0 bridgehead atoms. The highest BCUT2D eigenvalue weighted by molar-refractivity contribution is 7.39. The predicted octanol–water partition coefficient (Wildman–Crippen LogP) is 1.32. The second kappa shape index (κ2) is 4.00. The summed E-state index contributed by atoms with van der Waals surface area (Å²) < 4.78 is 0. The highest BCUT2D eigenvalue weighted by atomic mass is 35.5. The predicted molar refractivity (Wildman–Crippen MR) is 51.4 cm³/mol. The van der Waals surface area contributed by atoms with E-state index >= 15 is 0 Å². The molecular weight excluding hydrogens is 180 g/mol. The maximum atomic E-state index is 5.66. The number of hydrogen-bond acceptors (Lipinski definition) is 1. The first-order valence-electron chi connectivity index (χ1n) is 3.31. The molecule has 0 heterocycles. The van der Waals surface area contributed by atoms with E-state index in [0.717, 1.165) is 11.0 Å². The van der Waals surface area contributed by atoms with Crippen LogP contribution in [0.1, 0.15) is 5.56 Å². The summed E-state index contributed by atoms with van der Waals surface area (Å²) in [5, 5.41) is 0. The molecule has 11 heavy (non-hydrogen) atoms. The summed E-state index contributed by atoms with van der Waals surface area (Å²) in [6.07, 6.45) is 0. The number of halogens is 2. The van der Waals surface area contributed by atoms with Gasteiger partial charge in [-0.05, 0) is 11.0 Å². The molecule has 0 aromatic heterocycles. The first kappa shape index (κ1) is 8.92. The average molecular weight is 188 g/mol. The monoisotopic (exact) mass is 187 g/mol. The van der Waals surface area contributed by atoms with Gasteiger partial charge in [0, 0.05) is 6.54 Å². The molecule has 0 aliphatic carbocycles. The molecule has 0 aliphatic rings. The van der Waals surface area contributed by atoms with Crippen LogP contribution in [0.2, 0.25) is 0 Å². The molecule has 0 spiro atoms. The molecule has 0 aliphatic heterocycles. The minimum atomic E-state index is -0.457. The lowest BCUT2D eigenvalue weighted by atomic mass is 9.91. The molecule has 0 radical (unpaired) electrons. The summed E-state index contributed by atoms with van der Waals surface area (Å²) >= 11 is 11.3. The average Bonchev–Trinajstić information content (AvgIpc) is 2.05. The fraction of sp³-hybridized carbons (Fsp3) is 0.143. The first-order valence-corrected chi connectivity index (χ1v) is 4.18. The van der Waals surface area contributed by atoms with Crippen molar-refractivity contribution in [3.63, 3.8) is 0 Å². The van der Waals surface area contributed by atoms with Gasteiger partial charge in [0.05, 0.1) is 0 Å². The minimum absolute atomic E-state index is 0.457. The normalized spacial score (nSPS) is 9.73. The number of rotatable bonds is 2. The summed E-state index contributed by atoms with van der Waals surface area (Å²) in [5.74, 6) is 0. The van der Waals surface area contributed by atoms with E-state index in [-0.39, 0.29) is 0 Å². The Hall–Kier alpha value is -0.175. The van der Waals surface area contributed by atoms with E-state index in [1.54, 1.807) is 0 Å². The van der Waals surface area contributed by atoms with E-state index in [2.05, 4.69) is 0 Å². The standard InChI is InChI=1S/C7H8BCl2N/c9-8(10)7-3-1-2-6(4-7)5-11/h1-4H,5,11H2. The number of benzene rings is 1. The molecule has 0 saturated carbocycles. The molecule has 2 N–H and O–H groups in total. The van der Waals surface area contributed by atoms with Crippen molar-refractivity contribution in [3.05, 3.63) is 29.8 Å². The molecule has 0 saturated heterocycles. The first-order chi connectivity index (χ1) is 5.24. The molecule has 0 atom stereocenters. The van der Waals surface area contributed by atoms with Gasteiger partial charge in [0.1, 0.15) is 0 Å². The Labute approximate surface area is 76.4 Å². The summed E-state index contributed by atoms with van der Waals surface area (Å²) in [6, 6.07) is 7.63. The lowest BCUT2D eigenvalue weighted by Crippen LogP contribution is -2.18. The molecule has 1 aromatic carbocycles. The maximum absolute atomic E-state index is 5.66. The zero-order chi connectivity index (χ0) is 8.27. The topological polar surface area (TPSA) is 26.0 Å². The molecule has 58 valence electrons. The third-order valence-electron chi connectivity index (χ3n) is 1.44. The zero-order valence-corrected chi connectivity index (χ0v) is 7.44. The van der Waals surface area contributed by atoms with E-state index < -0.39 is 5.54 Å². The van der Waals surface area contributed by atoms with Crippen LogP contribution in [0.25, 0.3) is 0 Å². The summed E-state index contributed by atoms with van der Waals surface area (Å²) in [4.78, 5) is 0. The van der Waals surface area contributed by atoms with Gasteiger partial charge in [-0.15, -0.1) is 0 Å². The van der Waals surface area contributed by atoms with Gasteiger partial charge in [-0.2, -0.15) is 22.9 Å². The van der Waals surface area contributed by atoms with E-state index in [4.69, 9.17) is 28.7 Å². The Kier molecular flexibility index (Phi) is 3.25. The third kappa shape index (κ3) is 2.40. The second-order valence-electron chi connectivity index (χ2n) is 2.25. The van der Waals surface area contributed by atoms with Crippen LogP contribution < -0.4 is 11.2 Å². The Morgan fingerprint density at radius 2 is 2.09 bits per heavy atom. The van der Waals surface area contributed by atoms with Crippen molar-refractivity contribution in [1.29, 1.82) is 0 Å². The van der Waals surface area contributed by atoms with Crippen molar-refractivity contribution >= 4 is 33.9 Å². The van der Waals surface area contributed by atoms with E-state index in [1.165, 1.54) is 0 Å². The van der Waals surface area contributed by atoms with Crippen LogP contribution in [-0.4, -0.2) is 5.54 Å². The van der Waals surface area contributed by atoms with Crippen molar-refractivity contribution < 1.29 is 0 Å². The van der Waals surface area contributed by atoms with Gasteiger partial charge in [-0.3, -0.25) is 0 Å². The summed E-state index contributed by atoms with van der Waals surface area (Å²) in [5.41, 5.74) is 6.92. The molecule has 1 aromatic rings. The van der Waals surface area contributed by atoms with Crippen LogP contribution in [0.4, 0.5) is 0 Å². The van der Waals surface area contributed by atoms with Gasteiger partial charge in [-0.25, -0.2) is 0 Å². The quantitative estimate of drug-likeness (QED) is 0.695. The fourth-order valence-electron chi connectivity index (χ4n) is 0.856. The van der Waals surface area contributed by atoms with Crippen LogP contribution in [0.5, 0.6) is 0 Å². The van der Waals surface area contributed by atoms with Gasteiger partial charge in [-0.1, -0.05) is 24.3 Å². The van der Waals surface area contributed by atoms with E-state index in [0.29, 0.717) is 6.54 Å². The highest BCUT2D eigenvalue weighted by Gasteiger charge is 2.08. The lowest BCUT2D eigenvalue weighted by molar-refractivity contribution is 1.07. The SMILES string of the molecule is NCc1cccc(B(Cl)Cl)c1. The molecule has 1 nitrogen and oxygen atoms in total. The second-order valence-corrected chi connectivity index (χ2v) is 3.35. The molecular formula is C7H8BCl2N. The van der Waals surface area contributed by atoms with Crippen molar-refractivity contribution in [2.24, 2.45) is 5.73 Å². The molecule has 0 fully saturated rings.